The van der Waals surface area contributed by atoms with Gasteiger partial charge in [-0.25, -0.2) is 0 Å². The van der Waals surface area contributed by atoms with Gasteiger partial charge in [0, 0.05) is 11.6 Å². The van der Waals surface area contributed by atoms with Crippen LogP contribution in [0.4, 0.5) is 8.78 Å². The SMILES string of the molecule is Fc1c[c-]cc(F)c1.OB(O)O.OB(O)O.OB(O)O.OB(O)O.[Na+]. The van der Waals surface area contributed by atoms with Crippen LogP contribution in [0.1, 0.15) is 0 Å². The molecule has 0 aromatic heterocycles. The molecule has 0 saturated carbocycles. The molecule has 0 spiro atoms. The summed E-state index contributed by atoms with van der Waals surface area (Å²) in [6.45, 7) is 0. The molecule has 0 saturated heterocycles. The van der Waals surface area contributed by atoms with E-state index in [9.17, 15) is 8.78 Å². The van der Waals surface area contributed by atoms with Gasteiger partial charge in [0.05, 0.1) is 0 Å². The van der Waals surface area contributed by atoms with Crippen LogP contribution in [-0.4, -0.2) is 89.6 Å². The summed E-state index contributed by atoms with van der Waals surface area (Å²) in [5.41, 5.74) is 0. The summed E-state index contributed by atoms with van der Waals surface area (Å²) >= 11 is 0. The average molecular weight is 383 g/mol. The quantitative estimate of drug-likeness (QED) is 0.147. The van der Waals surface area contributed by atoms with Crippen molar-refractivity contribution in [1.82, 2.24) is 0 Å². The molecule has 138 valence electrons. The number of rotatable bonds is 0. The van der Waals surface area contributed by atoms with E-state index in [1.165, 1.54) is 0 Å². The molecular weight excluding hydrogens is 368 g/mol. The Morgan fingerprint density at radius 1 is 0.560 bits per heavy atom. The van der Waals surface area contributed by atoms with Crippen molar-refractivity contribution >= 4 is 29.3 Å². The summed E-state index contributed by atoms with van der Waals surface area (Å²) in [5.74, 6) is -1.19. The van der Waals surface area contributed by atoms with Crippen LogP contribution in [-0.2, 0) is 0 Å². The summed E-state index contributed by atoms with van der Waals surface area (Å²) in [6, 6.07) is 5.23. The van der Waals surface area contributed by atoms with Gasteiger partial charge in [-0.2, -0.15) is 6.07 Å². The molecule has 0 bridgehead atoms. The van der Waals surface area contributed by atoms with Gasteiger partial charge < -0.3 is 60.3 Å². The van der Waals surface area contributed by atoms with Crippen molar-refractivity contribution in [3.05, 3.63) is 35.9 Å². The van der Waals surface area contributed by atoms with Crippen LogP contribution in [0.3, 0.4) is 0 Å². The predicted molar refractivity (Wildman–Crippen MR) is 74.8 cm³/mol. The summed E-state index contributed by atoms with van der Waals surface area (Å²) in [6.07, 6.45) is 0. The molecule has 0 fully saturated rings. The van der Waals surface area contributed by atoms with Gasteiger partial charge in [-0.05, 0) is 0 Å². The van der Waals surface area contributed by atoms with Crippen molar-refractivity contribution < 1.29 is 98.6 Å². The maximum absolute atomic E-state index is 11.9. The first-order chi connectivity index (χ1) is 10.7. The van der Waals surface area contributed by atoms with Gasteiger partial charge in [0.25, 0.3) is 0 Å². The van der Waals surface area contributed by atoms with Gasteiger partial charge in [-0.3, -0.25) is 8.78 Å². The maximum Gasteiger partial charge on any atom is 1.00 e. The molecule has 0 aliphatic heterocycles. The number of benzene rings is 1. The molecule has 1 aromatic rings. The Hall–Kier alpha value is -0.140. The standard InChI is InChI=1S/C6H3F2.4BH3O3.Na/c7-5-2-1-3-6(8)4-5;4*2-1(3)4;/h2-4H;4*2-4H;/q-1;;;;;+1. The first kappa shape index (κ1) is 35.9. The van der Waals surface area contributed by atoms with E-state index in [0.29, 0.717) is 0 Å². The van der Waals surface area contributed by atoms with Gasteiger partial charge in [0.1, 0.15) is 0 Å². The fourth-order valence-corrected chi connectivity index (χ4v) is 0.416. The van der Waals surface area contributed by atoms with Crippen LogP contribution in [0.25, 0.3) is 0 Å². The Morgan fingerprint density at radius 2 is 0.720 bits per heavy atom. The minimum atomic E-state index is -2.17. The maximum atomic E-state index is 11.9. The molecule has 0 aliphatic carbocycles. The summed E-state index contributed by atoms with van der Waals surface area (Å²) in [4.78, 5) is 0. The van der Waals surface area contributed by atoms with E-state index in [-0.39, 0.29) is 29.6 Å². The second-order valence-corrected chi connectivity index (χ2v) is 2.76. The van der Waals surface area contributed by atoms with E-state index in [0.717, 1.165) is 18.2 Å². The third-order valence-corrected chi connectivity index (χ3v) is 0.718. The molecule has 12 nitrogen and oxygen atoms in total. The van der Waals surface area contributed by atoms with Crippen LogP contribution in [0.2, 0.25) is 0 Å². The molecule has 0 atom stereocenters. The zero-order valence-electron chi connectivity index (χ0n) is 12.7. The minimum absolute atomic E-state index is 0. The van der Waals surface area contributed by atoms with E-state index >= 15 is 0 Å². The van der Waals surface area contributed by atoms with Crippen LogP contribution < -0.4 is 29.6 Å². The number of hydrogen-bond acceptors (Lipinski definition) is 12. The normalized spacial score (nSPS) is 7.28. The molecule has 19 heteroatoms. The Balaban J connectivity index is -0.0000000695. The first-order valence-electron chi connectivity index (χ1n) is 5.21. The van der Waals surface area contributed by atoms with E-state index in [1.54, 1.807) is 0 Å². The molecule has 0 radical (unpaired) electrons. The Bertz CT molecular complexity index is 314. The van der Waals surface area contributed by atoms with Crippen LogP contribution in [0.5, 0.6) is 0 Å². The van der Waals surface area contributed by atoms with Crippen LogP contribution in [0, 0.1) is 17.7 Å². The van der Waals surface area contributed by atoms with E-state index in [4.69, 9.17) is 60.3 Å². The molecule has 0 aliphatic rings. The van der Waals surface area contributed by atoms with Gasteiger partial charge in [-0.1, -0.05) is 0 Å². The smallest absolute Gasteiger partial charge is 0.402 e. The Kier molecular flexibility index (Phi) is 37.5. The van der Waals surface area contributed by atoms with Gasteiger partial charge in [-0.15, -0.1) is 18.2 Å². The zero-order valence-corrected chi connectivity index (χ0v) is 14.7. The summed E-state index contributed by atoms with van der Waals surface area (Å²) in [5, 5.41) is 86.0. The topological polar surface area (TPSA) is 243 Å². The molecule has 25 heavy (non-hydrogen) atoms. The molecule has 12 N–H and O–H groups in total. The second kappa shape index (κ2) is 26.1. The number of hydrogen-bond donors (Lipinski definition) is 12. The van der Waals surface area contributed by atoms with Crippen molar-refractivity contribution in [3.8, 4) is 0 Å². The summed E-state index contributed by atoms with van der Waals surface area (Å²) < 4.78 is 23.8. The van der Waals surface area contributed by atoms with Gasteiger partial charge in [0.2, 0.25) is 0 Å². The molecule has 0 heterocycles. The zero-order chi connectivity index (χ0) is 20.3. The molecular formula is C6H15B4F2NaO12. The third-order valence-electron chi connectivity index (χ3n) is 0.718. The van der Waals surface area contributed by atoms with Gasteiger partial charge >= 0.3 is 58.8 Å². The summed E-state index contributed by atoms with van der Waals surface area (Å²) in [7, 11) is -8.67. The number of halogens is 2. The van der Waals surface area contributed by atoms with Crippen LogP contribution >= 0.6 is 0 Å². The Morgan fingerprint density at radius 3 is 0.800 bits per heavy atom. The molecule has 1 rings (SSSR count). The fourth-order valence-electron chi connectivity index (χ4n) is 0.416. The van der Waals surface area contributed by atoms with Crippen molar-refractivity contribution in [2.24, 2.45) is 0 Å². The first-order valence-corrected chi connectivity index (χ1v) is 5.21. The van der Waals surface area contributed by atoms with E-state index < -0.39 is 40.9 Å². The second-order valence-electron chi connectivity index (χ2n) is 2.76. The van der Waals surface area contributed by atoms with Crippen molar-refractivity contribution in [2.45, 2.75) is 0 Å². The molecule has 0 amide bonds. The van der Waals surface area contributed by atoms with Crippen LogP contribution in [0.15, 0.2) is 18.2 Å². The van der Waals surface area contributed by atoms with Crippen molar-refractivity contribution in [3.63, 3.8) is 0 Å². The van der Waals surface area contributed by atoms with Gasteiger partial charge in [0.15, 0.2) is 0 Å². The predicted octanol–water partition coefficient (Wildman–Crippen LogP) is -9.44. The fraction of sp³-hybridized carbons (Fsp3) is 0. The van der Waals surface area contributed by atoms with E-state index in [2.05, 4.69) is 6.07 Å². The molecule has 1 aromatic carbocycles. The van der Waals surface area contributed by atoms with Crippen molar-refractivity contribution in [1.29, 1.82) is 0 Å². The Labute approximate surface area is 163 Å². The van der Waals surface area contributed by atoms with Crippen molar-refractivity contribution in [2.75, 3.05) is 0 Å². The van der Waals surface area contributed by atoms with E-state index in [1.807, 2.05) is 0 Å². The third kappa shape index (κ3) is 117. The largest absolute Gasteiger partial charge is 1.00 e. The average Bonchev–Trinajstić information content (AvgIpc) is 2.24. The monoisotopic (exact) mass is 384 g/mol. The minimum Gasteiger partial charge on any atom is -0.402 e. The molecule has 0 unspecified atom stereocenters.